The summed E-state index contributed by atoms with van der Waals surface area (Å²) in [6.07, 6.45) is 3.80. The molecule has 1 aromatic rings. The number of hydrogen-bond donors (Lipinski definition) is 2. The second kappa shape index (κ2) is 4.18. The van der Waals surface area contributed by atoms with Crippen molar-refractivity contribution in [2.24, 2.45) is 0 Å². The van der Waals surface area contributed by atoms with Crippen molar-refractivity contribution in [2.45, 2.75) is 0 Å². The molecule has 14 heavy (non-hydrogen) atoms. The molecule has 0 spiro atoms. The number of nitrogens with zero attached hydrogens (tertiary/aromatic N) is 2. The van der Waals surface area contributed by atoms with Gasteiger partial charge in [0.25, 0.3) is 0 Å². The molecular formula is C9H8N2O3. The van der Waals surface area contributed by atoms with Crippen molar-refractivity contribution >= 4 is 18.1 Å². The van der Waals surface area contributed by atoms with Crippen LogP contribution in [0.3, 0.4) is 0 Å². The lowest BCUT2D eigenvalue weighted by molar-refractivity contribution is -0.135. The first-order valence-corrected chi connectivity index (χ1v) is 3.72. The van der Waals surface area contributed by atoms with E-state index >= 15 is 0 Å². The third kappa shape index (κ3) is 2.41. The highest BCUT2D eigenvalue weighted by molar-refractivity contribution is 5.88. The van der Waals surface area contributed by atoms with Crippen LogP contribution in [0.2, 0.25) is 0 Å². The van der Waals surface area contributed by atoms with Crippen molar-refractivity contribution in [3.63, 3.8) is 0 Å². The maximum atomic E-state index is 10.3. The number of carbonyl (C=O) groups is 1. The zero-order chi connectivity index (χ0) is 10.6. The Hall–Kier alpha value is -2.17. The summed E-state index contributed by atoms with van der Waals surface area (Å²) in [6, 6.07) is 1.51. The van der Waals surface area contributed by atoms with Crippen LogP contribution in [0, 0.1) is 0 Å². The van der Waals surface area contributed by atoms with Crippen molar-refractivity contribution < 1.29 is 15.0 Å². The van der Waals surface area contributed by atoms with E-state index in [0.717, 1.165) is 6.08 Å². The van der Waals surface area contributed by atoms with Gasteiger partial charge < -0.3 is 10.2 Å². The third-order valence-corrected chi connectivity index (χ3v) is 1.42. The Morgan fingerprint density at radius 2 is 2.00 bits per heavy atom. The van der Waals surface area contributed by atoms with E-state index < -0.39 is 11.7 Å². The fraction of sp³-hybridized carbons (Fsp3) is 0. The van der Waals surface area contributed by atoms with E-state index in [1.807, 2.05) is 0 Å². The summed E-state index contributed by atoms with van der Waals surface area (Å²) in [4.78, 5) is 17.8. The molecule has 0 saturated heterocycles. The van der Waals surface area contributed by atoms with Crippen molar-refractivity contribution in [3.8, 4) is 0 Å². The van der Waals surface area contributed by atoms with Gasteiger partial charge in [0.15, 0.2) is 0 Å². The zero-order valence-electron chi connectivity index (χ0n) is 7.21. The lowest BCUT2D eigenvalue weighted by Crippen LogP contribution is -1.99. The summed E-state index contributed by atoms with van der Waals surface area (Å²) >= 11 is 0. The molecule has 0 aromatic carbocycles. The summed E-state index contributed by atoms with van der Waals surface area (Å²) in [5.41, 5.74) is 0.874. The number of aliphatic carboxylic acids is 1. The van der Waals surface area contributed by atoms with Crippen LogP contribution >= 0.6 is 0 Å². The number of rotatable bonds is 3. The van der Waals surface area contributed by atoms with Gasteiger partial charge in [-0.15, -0.1) is 0 Å². The summed E-state index contributed by atoms with van der Waals surface area (Å²) in [5.74, 6) is -2.16. The van der Waals surface area contributed by atoms with Crippen LogP contribution in [0.15, 0.2) is 24.7 Å². The molecule has 0 atom stereocenters. The van der Waals surface area contributed by atoms with Crippen molar-refractivity contribution in [1.29, 1.82) is 0 Å². The first kappa shape index (κ1) is 9.91. The maximum absolute atomic E-state index is 10.3. The van der Waals surface area contributed by atoms with Gasteiger partial charge in [-0.25, -0.2) is 14.8 Å². The predicted octanol–water partition coefficient (Wildman–Crippen LogP) is 1.10. The molecule has 0 aliphatic rings. The number of carboxylic acids is 1. The first-order chi connectivity index (χ1) is 6.63. The average molecular weight is 192 g/mol. The molecule has 0 fully saturated rings. The Kier molecular flexibility index (Phi) is 2.96. The fourth-order valence-corrected chi connectivity index (χ4v) is 0.781. The van der Waals surface area contributed by atoms with Crippen molar-refractivity contribution in [3.05, 3.63) is 36.1 Å². The minimum atomic E-state index is -1.40. The molecule has 1 rings (SSSR count). The van der Waals surface area contributed by atoms with Gasteiger partial charge in [-0.05, 0) is 12.1 Å². The van der Waals surface area contributed by atoms with Gasteiger partial charge in [-0.2, -0.15) is 0 Å². The quantitative estimate of drug-likeness (QED) is 0.553. The second-order valence-corrected chi connectivity index (χ2v) is 2.41. The molecule has 0 amide bonds. The van der Waals surface area contributed by atoms with Gasteiger partial charge in [0.1, 0.15) is 6.33 Å². The molecule has 1 heterocycles. The van der Waals surface area contributed by atoms with Crippen LogP contribution in [0.1, 0.15) is 11.4 Å². The van der Waals surface area contributed by atoms with Crippen LogP contribution < -0.4 is 0 Å². The molecule has 0 saturated carbocycles. The van der Waals surface area contributed by atoms with E-state index in [2.05, 4.69) is 16.5 Å². The molecular weight excluding hydrogens is 184 g/mol. The summed E-state index contributed by atoms with van der Waals surface area (Å²) in [6.45, 7) is 3.50. The van der Waals surface area contributed by atoms with Gasteiger partial charge in [0, 0.05) is 6.08 Å². The number of aliphatic hydroxyl groups excluding tert-OH is 1. The Morgan fingerprint density at radius 1 is 1.36 bits per heavy atom. The minimum absolute atomic E-state index is 0.315. The number of hydrogen-bond acceptors (Lipinski definition) is 4. The molecule has 5 nitrogen and oxygen atoms in total. The minimum Gasteiger partial charge on any atom is -0.502 e. The van der Waals surface area contributed by atoms with Gasteiger partial charge in [0.2, 0.25) is 5.76 Å². The highest BCUT2D eigenvalue weighted by Gasteiger charge is 2.04. The normalized spacial score (nSPS) is 11.0. The van der Waals surface area contributed by atoms with Crippen molar-refractivity contribution in [1.82, 2.24) is 9.97 Å². The largest absolute Gasteiger partial charge is 0.502 e. The molecule has 5 heteroatoms. The summed E-state index contributed by atoms with van der Waals surface area (Å²) in [5, 5.41) is 17.3. The highest BCUT2D eigenvalue weighted by atomic mass is 16.4. The number of carboxylic acid groups (broad SMARTS) is 1. The van der Waals surface area contributed by atoms with E-state index in [1.165, 1.54) is 18.5 Å². The average Bonchev–Trinajstić information content (AvgIpc) is 2.18. The van der Waals surface area contributed by atoms with Crippen molar-refractivity contribution in [2.75, 3.05) is 0 Å². The molecule has 2 N–H and O–H groups in total. The Labute approximate surface area is 80.1 Å². The van der Waals surface area contributed by atoms with Crippen LogP contribution in [-0.4, -0.2) is 26.2 Å². The Bertz CT molecular complexity index is 399. The van der Waals surface area contributed by atoms with E-state index in [-0.39, 0.29) is 0 Å². The highest BCUT2D eigenvalue weighted by Crippen LogP contribution is 2.04. The number of aromatic nitrogens is 2. The molecule has 0 aliphatic carbocycles. The Balaban J connectivity index is 3.02. The first-order valence-electron chi connectivity index (χ1n) is 3.72. The lowest BCUT2D eigenvalue weighted by atomic mass is 10.3. The van der Waals surface area contributed by atoms with E-state index in [1.54, 1.807) is 0 Å². The molecule has 0 bridgehead atoms. The van der Waals surface area contributed by atoms with E-state index in [4.69, 9.17) is 10.2 Å². The van der Waals surface area contributed by atoms with E-state index in [9.17, 15) is 4.79 Å². The van der Waals surface area contributed by atoms with Crippen LogP contribution in [0.5, 0.6) is 0 Å². The molecule has 0 aliphatic heterocycles. The second-order valence-electron chi connectivity index (χ2n) is 2.41. The molecule has 0 radical (unpaired) electrons. The number of aliphatic hydroxyl groups is 1. The van der Waals surface area contributed by atoms with Gasteiger partial charge >= 0.3 is 5.97 Å². The maximum Gasteiger partial charge on any atom is 0.371 e. The van der Waals surface area contributed by atoms with Crippen LogP contribution in [0.4, 0.5) is 0 Å². The molecule has 0 unspecified atom stereocenters. The predicted molar refractivity (Wildman–Crippen MR) is 50.4 cm³/mol. The van der Waals surface area contributed by atoms with E-state index in [0.29, 0.717) is 11.4 Å². The molecule has 1 aromatic heterocycles. The van der Waals surface area contributed by atoms with Crippen LogP contribution in [-0.2, 0) is 4.79 Å². The zero-order valence-corrected chi connectivity index (χ0v) is 7.21. The lowest BCUT2D eigenvalue weighted by Gasteiger charge is -1.95. The monoisotopic (exact) mass is 192 g/mol. The van der Waals surface area contributed by atoms with Gasteiger partial charge in [-0.1, -0.05) is 6.58 Å². The summed E-state index contributed by atoms with van der Waals surface area (Å²) < 4.78 is 0. The smallest absolute Gasteiger partial charge is 0.371 e. The van der Waals surface area contributed by atoms with Crippen LogP contribution in [0.25, 0.3) is 12.2 Å². The van der Waals surface area contributed by atoms with Gasteiger partial charge in [0.05, 0.1) is 11.4 Å². The topological polar surface area (TPSA) is 83.3 Å². The molecule has 72 valence electrons. The summed E-state index contributed by atoms with van der Waals surface area (Å²) in [7, 11) is 0. The fourth-order valence-electron chi connectivity index (χ4n) is 0.781. The van der Waals surface area contributed by atoms with Gasteiger partial charge in [-0.3, -0.25) is 0 Å². The third-order valence-electron chi connectivity index (χ3n) is 1.42. The SMILES string of the molecule is C=Cc1cc(C=C(O)C(=O)O)ncn1. The standard InChI is InChI=1S/C9H8N2O3/c1-2-6-3-7(11-5-10-6)4-8(12)9(13)14/h2-5,12H,1H2,(H,13,14). The Morgan fingerprint density at radius 3 is 2.57 bits per heavy atom.